The van der Waals surface area contributed by atoms with Crippen molar-refractivity contribution >= 4 is 12.2 Å². The van der Waals surface area contributed by atoms with Gasteiger partial charge in [-0.05, 0) is 36.3 Å². The van der Waals surface area contributed by atoms with Crippen molar-refractivity contribution < 1.29 is 0 Å². The first-order valence-corrected chi connectivity index (χ1v) is 5.27. The van der Waals surface area contributed by atoms with Gasteiger partial charge in [0.25, 0.3) is 5.56 Å². The molecule has 82 valence electrons. The minimum absolute atomic E-state index is 0.173. The lowest BCUT2D eigenvalue weighted by molar-refractivity contribution is 0.740. The van der Waals surface area contributed by atoms with E-state index in [9.17, 15) is 4.79 Å². The third-order valence-corrected chi connectivity index (χ3v) is 2.71. The fourth-order valence-corrected chi connectivity index (χ4v) is 1.66. The van der Waals surface area contributed by atoms with Crippen molar-refractivity contribution in [3.63, 3.8) is 0 Å². The Kier molecular flexibility index (Phi) is 2.96. The SMILES string of the molecule is Cc1cnccc1Cn1ccc(=O)[nH]c1=S. The monoisotopic (exact) mass is 233 g/mol. The highest BCUT2D eigenvalue weighted by molar-refractivity contribution is 7.71. The zero-order valence-corrected chi connectivity index (χ0v) is 9.62. The van der Waals surface area contributed by atoms with Crippen molar-refractivity contribution in [1.29, 1.82) is 0 Å². The van der Waals surface area contributed by atoms with Crippen LogP contribution in [0.1, 0.15) is 11.1 Å². The number of rotatable bonds is 2. The van der Waals surface area contributed by atoms with Crippen LogP contribution < -0.4 is 5.56 Å². The second kappa shape index (κ2) is 4.40. The summed E-state index contributed by atoms with van der Waals surface area (Å²) in [5.74, 6) is 0. The number of pyridine rings is 1. The molecule has 0 spiro atoms. The maximum Gasteiger partial charge on any atom is 0.251 e. The zero-order valence-electron chi connectivity index (χ0n) is 8.80. The highest BCUT2D eigenvalue weighted by atomic mass is 32.1. The molecule has 0 bridgehead atoms. The van der Waals surface area contributed by atoms with Crippen LogP contribution in [0, 0.1) is 11.7 Å². The van der Waals surface area contributed by atoms with Gasteiger partial charge in [-0.25, -0.2) is 0 Å². The second-order valence-corrected chi connectivity index (χ2v) is 3.93. The lowest BCUT2D eigenvalue weighted by atomic mass is 10.1. The van der Waals surface area contributed by atoms with E-state index in [1.165, 1.54) is 6.07 Å². The number of nitrogens with zero attached hydrogens (tertiary/aromatic N) is 2. The number of aromatic nitrogens is 3. The largest absolute Gasteiger partial charge is 0.321 e. The average Bonchev–Trinajstić information content (AvgIpc) is 2.25. The van der Waals surface area contributed by atoms with E-state index in [-0.39, 0.29) is 5.56 Å². The Morgan fingerprint density at radius 3 is 3.00 bits per heavy atom. The van der Waals surface area contributed by atoms with E-state index in [1.807, 2.05) is 23.8 Å². The van der Waals surface area contributed by atoms with Crippen molar-refractivity contribution in [1.82, 2.24) is 14.5 Å². The van der Waals surface area contributed by atoms with Gasteiger partial charge in [0, 0.05) is 24.7 Å². The molecule has 4 nitrogen and oxygen atoms in total. The summed E-state index contributed by atoms with van der Waals surface area (Å²) in [5, 5.41) is 0. The molecule has 0 radical (unpaired) electrons. The number of hydrogen-bond acceptors (Lipinski definition) is 3. The molecule has 16 heavy (non-hydrogen) atoms. The summed E-state index contributed by atoms with van der Waals surface area (Å²) in [7, 11) is 0. The van der Waals surface area contributed by atoms with Crippen molar-refractivity contribution in [3.8, 4) is 0 Å². The third-order valence-electron chi connectivity index (χ3n) is 2.37. The van der Waals surface area contributed by atoms with E-state index in [4.69, 9.17) is 12.2 Å². The maximum absolute atomic E-state index is 11.0. The van der Waals surface area contributed by atoms with Crippen LogP contribution in [-0.4, -0.2) is 14.5 Å². The molecule has 2 heterocycles. The Labute approximate surface area is 97.6 Å². The first-order valence-electron chi connectivity index (χ1n) is 4.86. The Balaban J connectivity index is 2.38. The van der Waals surface area contributed by atoms with Crippen molar-refractivity contribution in [2.24, 2.45) is 0 Å². The Morgan fingerprint density at radius 2 is 2.31 bits per heavy atom. The van der Waals surface area contributed by atoms with E-state index in [0.717, 1.165) is 11.1 Å². The Hall–Kier alpha value is -1.75. The lowest BCUT2D eigenvalue weighted by Crippen LogP contribution is -2.12. The summed E-state index contributed by atoms with van der Waals surface area (Å²) in [6.45, 7) is 2.64. The number of aryl methyl sites for hydroxylation is 1. The zero-order chi connectivity index (χ0) is 11.5. The van der Waals surface area contributed by atoms with Gasteiger partial charge in [-0.15, -0.1) is 0 Å². The molecule has 5 heteroatoms. The normalized spacial score (nSPS) is 10.3. The highest BCUT2D eigenvalue weighted by Gasteiger charge is 1.99. The van der Waals surface area contributed by atoms with E-state index < -0.39 is 0 Å². The van der Waals surface area contributed by atoms with Gasteiger partial charge in [0.2, 0.25) is 0 Å². The van der Waals surface area contributed by atoms with E-state index in [0.29, 0.717) is 11.3 Å². The molecular weight excluding hydrogens is 222 g/mol. The molecule has 0 aromatic carbocycles. The fourth-order valence-electron chi connectivity index (χ4n) is 1.43. The van der Waals surface area contributed by atoms with Crippen LogP contribution in [0.3, 0.4) is 0 Å². The lowest BCUT2D eigenvalue weighted by Gasteiger charge is -2.08. The van der Waals surface area contributed by atoms with Crippen LogP contribution in [0.4, 0.5) is 0 Å². The minimum Gasteiger partial charge on any atom is -0.321 e. The van der Waals surface area contributed by atoms with Gasteiger partial charge in [-0.1, -0.05) is 0 Å². The molecular formula is C11H11N3OS. The molecule has 0 amide bonds. The molecule has 0 aliphatic heterocycles. The molecule has 0 fully saturated rings. The van der Waals surface area contributed by atoms with Crippen molar-refractivity contribution in [2.75, 3.05) is 0 Å². The summed E-state index contributed by atoms with van der Waals surface area (Å²) in [5.41, 5.74) is 2.07. The molecule has 0 aliphatic rings. The van der Waals surface area contributed by atoms with Crippen LogP contribution >= 0.6 is 12.2 Å². The smallest absolute Gasteiger partial charge is 0.251 e. The molecule has 2 rings (SSSR count). The standard InChI is InChI=1S/C11H11N3OS/c1-8-6-12-4-2-9(8)7-14-5-3-10(15)13-11(14)16/h2-6H,7H2,1H3,(H,13,15,16). The van der Waals surface area contributed by atoms with Crippen molar-refractivity contribution in [3.05, 3.63) is 57.0 Å². The van der Waals surface area contributed by atoms with Crippen LogP contribution in [-0.2, 0) is 6.54 Å². The third kappa shape index (κ3) is 2.25. The second-order valence-electron chi connectivity index (χ2n) is 3.54. The minimum atomic E-state index is -0.173. The molecule has 2 aromatic rings. The maximum atomic E-state index is 11.0. The van der Waals surface area contributed by atoms with Crippen LogP contribution in [0.25, 0.3) is 0 Å². The van der Waals surface area contributed by atoms with E-state index >= 15 is 0 Å². The summed E-state index contributed by atoms with van der Waals surface area (Å²) in [6, 6.07) is 3.41. The van der Waals surface area contributed by atoms with Gasteiger partial charge in [0.05, 0.1) is 6.54 Å². The average molecular weight is 233 g/mol. The van der Waals surface area contributed by atoms with Gasteiger partial charge in [0.1, 0.15) is 0 Å². The van der Waals surface area contributed by atoms with Crippen molar-refractivity contribution in [2.45, 2.75) is 13.5 Å². The number of nitrogens with one attached hydrogen (secondary N) is 1. The molecule has 0 saturated carbocycles. The number of aromatic amines is 1. The fraction of sp³-hybridized carbons (Fsp3) is 0.182. The van der Waals surface area contributed by atoms with Crippen LogP contribution in [0.15, 0.2) is 35.5 Å². The molecule has 1 N–H and O–H groups in total. The Bertz CT molecular complexity index is 615. The first kappa shape index (κ1) is 10.8. The van der Waals surface area contributed by atoms with Gasteiger partial charge in [-0.2, -0.15) is 0 Å². The van der Waals surface area contributed by atoms with Gasteiger partial charge < -0.3 is 4.57 Å². The van der Waals surface area contributed by atoms with Gasteiger partial charge in [0.15, 0.2) is 4.77 Å². The number of hydrogen-bond donors (Lipinski definition) is 1. The number of H-pyrrole nitrogens is 1. The highest BCUT2D eigenvalue weighted by Crippen LogP contribution is 2.06. The Morgan fingerprint density at radius 1 is 1.50 bits per heavy atom. The van der Waals surface area contributed by atoms with Crippen LogP contribution in [0.2, 0.25) is 0 Å². The predicted octanol–water partition coefficient (Wildman–Crippen LogP) is 1.66. The summed E-state index contributed by atoms with van der Waals surface area (Å²) >= 11 is 5.07. The first-order chi connectivity index (χ1) is 7.66. The van der Waals surface area contributed by atoms with E-state index in [1.54, 1.807) is 12.4 Å². The topological polar surface area (TPSA) is 50.7 Å². The summed E-state index contributed by atoms with van der Waals surface area (Å²) in [6.07, 6.45) is 5.25. The summed E-state index contributed by atoms with van der Waals surface area (Å²) < 4.78 is 2.25. The molecule has 0 aliphatic carbocycles. The molecule has 0 saturated heterocycles. The van der Waals surface area contributed by atoms with E-state index in [2.05, 4.69) is 9.97 Å². The molecule has 0 unspecified atom stereocenters. The van der Waals surface area contributed by atoms with Gasteiger partial charge >= 0.3 is 0 Å². The molecule has 2 aromatic heterocycles. The van der Waals surface area contributed by atoms with Crippen LogP contribution in [0.5, 0.6) is 0 Å². The predicted molar refractivity (Wildman–Crippen MR) is 64.0 cm³/mol. The summed E-state index contributed by atoms with van der Waals surface area (Å²) in [4.78, 5) is 17.6. The molecule has 0 atom stereocenters. The quantitative estimate of drug-likeness (QED) is 0.802. The van der Waals surface area contributed by atoms with Gasteiger partial charge in [-0.3, -0.25) is 14.8 Å².